The van der Waals surface area contributed by atoms with E-state index in [9.17, 15) is 4.79 Å². The van der Waals surface area contributed by atoms with Crippen molar-refractivity contribution in [2.75, 3.05) is 7.11 Å². The van der Waals surface area contributed by atoms with Crippen LogP contribution in [-0.2, 0) is 13.6 Å². The predicted octanol–water partition coefficient (Wildman–Crippen LogP) is 2.97. The number of ether oxygens (including phenoxy) is 1. The van der Waals surface area contributed by atoms with Gasteiger partial charge in [-0.2, -0.15) is 5.10 Å². The normalized spacial score (nSPS) is 10.8. The number of hydrogen-bond donors (Lipinski definition) is 1. The van der Waals surface area contributed by atoms with Gasteiger partial charge >= 0.3 is 0 Å². The second kappa shape index (κ2) is 7.48. The predicted molar refractivity (Wildman–Crippen MR) is 106 cm³/mol. The maximum Gasteiger partial charge on any atom is 0.252 e. The van der Waals surface area contributed by atoms with Crippen LogP contribution in [0.3, 0.4) is 0 Å². The van der Waals surface area contributed by atoms with Crippen LogP contribution in [0.1, 0.15) is 15.9 Å². The molecule has 1 N–H and O–H groups in total. The van der Waals surface area contributed by atoms with E-state index in [0.29, 0.717) is 28.8 Å². The van der Waals surface area contributed by atoms with Crippen LogP contribution in [0.15, 0.2) is 61.1 Å². The molecule has 4 aromatic rings. The van der Waals surface area contributed by atoms with Crippen LogP contribution in [0, 0.1) is 0 Å². The molecular weight excluding hydrogens is 354 g/mol. The molecule has 28 heavy (non-hydrogen) atoms. The largest absolute Gasteiger partial charge is 0.497 e. The number of aromatic nitrogens is 4. The third-order valence-electron chi connectivity index (χ3n) is 4.49. The van der Waals surface area contributed by atoms with Crippen LogP contribution >= 0.6 is 0 Å². The molecule has 0 aliphatic carbocycles. The Labute approximate surface area is 162 Å². The van der Waals surface area contributed by atoms with Crippen molar-refractivity contribution in [2.45, 2.75) is 6.54 Å². The second-order valence-electron chi connectivity index (χ2n) is 6.34. The average Bonchev–Trinajstić information content (AvgIpc) is 3.13. The number of hydrogen-bond acceptors (Lipinski definition) is 5. The minimum absolute atomic E-state index is 0.187. The number of pyridine rings is 2. The van der Waals surface area contributed by atoms with Gasteiger partial charge in [-0.25, -0.2) is 4.98 Å². The lowest BCUT2D eigenvalue weighted by atomic mass is 10.1. The van der Waals surface area contributed by atoms with E-state index in [-0.39, 0.29) is 5.91 Å². The van der Waals surface area contributed by atoms with Crippen molar-refractivity contribution >= 4 is 16.9 Å². The van der Waals surface area contributed by atoms with Gasteiger partial charge < -0.3 is 10.1 Å². The van der Waals surface area contributed by atoms with Gasteiger partial charge in [0, 0.05) is 31.5 Å². The van der Waals surface area contributed by atoms with E-state index in [4.69, 9.17) is 9.72 Å². The third kappa shape index (κ3) is 3.42. The zero-order chi connectivity index (χ0) is 19.5. The first kappa shape index (κ1) is 17.7. The maximum absolute atomic E-state index is 12.9. The highest BCUT2D eigenvalue weighted by atomic mass is 16.5. The Kier molecular flexibility index (Phi) is 4.72. The number of fused-ring (bicyclic) bond motifs is 1. The van der Waals surface area contributed by atoms with E-state index in [1.54, 1.807) is 36.4 Å². The fourth-order valence-electron chi connectivity index (χ4n) is 3.01. The lowest BCUT2D eigenvalue weighted by molar-refractivity contribution is 0.0952. The summed E-state index contributed by atoms with van der Waals surface area (Å²) in [5.74, 6) is 0.542. The van der Waals surface area contributed by atoms with Crippen LogP contribution in [0.2, 0.25) is 0 Å². The highest BCUT2D eigenvalue weighted by Gasteiger charge is 2.17. The summed E-state index contributed by atoms with van der Waals surface area (Å²) < 4.78 is 6.97. The molecule has 0 unspecified atom stereocenters. The molecule has 0 atom stereocenters. The molecule has 0 radical (unpaired) electrons. The van der Waals surface area contributed by atoms with Crippen LogP contribution < -0.4 is 10.1 Å². The molecule has 0 bridgehead atoms. The summed E-state index contributed by atoms with van der Waals surface area (Å²) >= 11 is 0. The number of benzene rings is 1. The number of carbonyl (C=O) groups excluding carboxylic acids is 1. The summed E-state index contributed by atoms with van der Waals surface area (Å²) in [6, 6.07) is 13.1. The first-order valence-corrected chi connectivity index (χ1v) is 8.80. The fourth-order valence-corrected chi connectivity index (χ4v) is 3.01. The van der Waals surface area contributed by atoms with E-state index in [2.05, 4.69) is 15.4 Å². The molecule has 0 aliphatic rings. The quantitative estimate of drug-likeness (QED) is 0.582. The van der Waals surface area contributed by atoms with E-state index >= 15 is 0 Å². The number of aryl methyl sites for hydroxylation is 1. The van der Waals surface area contributed by atoms with E-state index in [1.807, 2.05) is 43.4 Å². The molecule has 0 aliphatic heterocycles. The smallest absolute Gasteiger partial charge is 0.252 e. The van der Waals surface area contributed by atoms with Gasteiger partial charge in [0.2, 0.25) is 0 Å². The van der Waals surface area contributed by atoms with Gasteiger partial charge in [0.15, 0.2) is 5.65 Å². The lowest BCUT2D eigenvalue weighted by Gasteiger charge is -2.10. The monoisotopic (exact) mass is 373 g/mol. The van der Waals surface area contributed by atoms with Crippen molar-refractivity contribution in [3.05, 3.63) is 72.2 Å². The van der Waals surface area contributed by atoms with Gasteiger partial charge in [-0.1, -0.05) is 18.2 Å². The van der Waals surface area contributed by atoms with Gasteiger partial charge in [-0.05, 0) is 29.8 Å². The summed E-state index contributed by atoms with van der Waals surface area (Å²) in [7, 11) is 3.43. The molecular formula is C21H19N5O2. The highest BCUT2D eigenvalue weighted by molar-refractivity contribution is 6.06. The number of nitrogens with zero attached hydrogens (tertiary/aromatic N) is 4. The van der Waals surface area contributed by atoms with Crippen molar-refractivity contribution in [1.82, 2.24) is 25.1 Å². The Hall–Kier alpha value is -3.74. The molecule has 0 saturated carbocycles. The van der Waals surface area contributed by atoms with Crippen molar-refractivity contribution in [3.8, 4) is 17.0 Å². The topological polar surface area (TPSA) is 81.9 Å². The van der Waals surface area contributed by atoms with Crippen molar-refractivity contribution in [2.24, 2.45) is 7.05 Å². The zero-order valence-electron chi connectivity index (χ0n) is 15.6. The van der Waals surface area contributed by atoms with Crippen molar-refractivity contribution in [1.29, 1.82) is 0 Å². The molecule has 7 nitrogen and oxygen atoms in total. The van der Waals surface area contributed by atoms with E-state index in [0.717, 1.165) is 16.9 Å². The van der Waals surface area contributed by atoms with E-state index in [1.165, 1.54) is 0 Å². The third-order valence-corrected chi connectivity index (χ3v) is 4.49. The Bertz CT molecular complexity index is 1140. The molecule has 1 aromatic carbocycles. The van der Waals surface area contributed by atoms with Gasteiger partial charge in [-0.15, -0.1) is 0 Å². The summed E-state index contributed by atoms with van der Waals surface area (Å²) in [6.45, 7) is 0.394. The van der Waals surface area contributed by atoms with Gasteiger partial charge in [0.05, 0.1) is 30.0 Å². The SMILES string of the molecule is COc1cccc(-c2cc(C(=O)NCc3cccnc3)c3cnn(C)c3n2)c1. The molecule has 7 heteroatoms. The minimum atomic E-state index is -0.187. The highest BCUT2D eigenvalue weighted by Crippen LogP contribution is 2.27. The lowest BCUT2D eigenvalue weighted by Crippen LogP contribution is -2.23. The van der Waals surface area contributed by atoms with Crippen LogP contribution in [0.25, 0.3) is 22.3 Å². The molecule has 0 fully saturated rings. The first-order valence-electron chi connectivity index (χ1n) is 8.80. The first-order chi connectivity index (χ1) is 13.7. The number of amides is 1. The summed E-state index contributed by atoms with van der Waals surface area (Å²) in [5, 5.41) is 7.92. The standard InChI is InChI=1S/C21H19N5O2/c1-26-20-18(13-24-26)17(21(27)23-12-14-5-4-8-22-11-14)10-19(25-20)15-6-3-7-16(9-15)28-2/h3-11,13H,12H2,1-2H3,(H,23,27). The Morgan fingerprint density at radius 1 is 1.18 bits per heavy atom. The van der Waals surface area contributed by atoms with Crippen molar-refractivity contribution in [3.63, 3.8) is 0 Å². The van der Waals surface area contributed by atoms with Gasteiger partial charge in [0.1, 0.15) is 5.75 Å². The van der Waals surface area contributed by atoms with E-state index < -0.39 is 0 Å². The molecule has 3 heterocycles. The summed E-state index contributed by atoms with van der Waals surface area (Å²) in [4.78, 5) is 21.7. The Morgan fingerprint density at radius 2 is 2.07 bits per heavy atom. The number of rotatable bonds is 5. The number of methoxy groups -OCH3 is 1. The number of nitrogens with one attached hydrogen (secondary N) is 1. The fraction of sp³-hybridized carbons (Fsp3) is 0.143. The molecule has 0 spiro atoms. The molecule has 1 amide bonds. The molecule has 3 aromatic heterocycles. The molecule has 4 rings (SSSR count). The van der Waals surface area contributed by atoms with Crippen LogP contribution in [0.4, 0.5) is 0 Å². The zero-order valence-corrected chi connectivity index (χ0v) is 15.6. The average molecular weight is 373 g/mol. The minimum Gasteiger partial charge on any atom is -0.497 e. The van der Waals surface area contributed by atoms with Gasteiger partial charge in [0.25, 0.3) is 5.91 Å². The molecule has 0 saturated heterocycles. The summed E-state index contributed by atoms with van der Waals surface area (Å²) in [5.41, 5.74) is 3.65. The Morgan fingerprint density at radius 3 is 2.86 bits per heavy atom. The molecule has 140 valence electrons. The van der Waals surface area contributed by atoms with Crippen LogP contribution in [-0.4, -0.2) is 32.8 Å². The van der Waals surface area contributed by atoms with Gasteiger partial charge in [-0.3, -0.25) is 14.5 Å². The van der Waals surface area contributed by atoms with Crippen molar-refractivity contribution < 1.29 is 9.53 Å². The Balaban J connectivity index is 1.73. The maximum atomic E-state index is 12.9. The number of carbonyl (C=O) groups is 1. The second-order valence-corrected chi connectivity index (χ2v) is 6.34. The van der Waals surface area contributed by atoms with Crippen LogP contribution in [0.5, 0.6) is 5.75 Å². The summed E-state index contributed by atoms with van der Waals surface area (Å²) in [6.07, 6.45) is 5.10.